The molecule has 0 heterocycles. The molecule has 132 valence electrons. The molecule has 0 aliphatic carbocycles. The fourth-order valence-corrected chi connectivity index (χ4v) is 2.77. The van der Waals surface area contributed by atoms with Gasteiger partial charge >= 0.3 is 0 Å². The molecule has 0 aliphatic heterocycles. The van der Waals surface area contributed by atoms with Gasteiger partial charge in [-0.1, -0.05) is 43.3 Å². The van der Waals surface area contributed by atoms with Gasteiger partial charge in [-0.3, -0.25) is 4.79 Å². The Kier molecular flexibility index (Phi) is 5.64. The van der Waals surface area contributed by atoms with E-state index < -0.39 is 0 Å². The lowest BCUT2D eigenvalue weighted by atomic mass is 9.99. The van der Waals surface area contributed by atoms with E-state index in [1.165, 1.54) is 0 Å². The van der Waals surface area contributed by atoms with Crippen molar-refractivity contribution in [2.45, 2.75) is 20.3 Å². The predicted octanol–water partition coefficient (Wildman–Crippen LogP) is 4.70. The summed E-state index contributed by atoms with van der Waals surface area (Å²) in [6.07, 6.45) is 2.60. The number of hydrogen-bond acceptors (Lipinski definition) is 3. The van der Waals surface area contributed by atoms with E-state index >= 15 is 0 Å². The van der Waals surface area contributed by atoms with E-state index in [0.29, 0.717) is 12.2 Å². The number of fused-ring (bicyclic) bond motifs is 1. The van der Waals surface area contributed by atoms with Crippen LogP contribution in [0.15, 0.2) is 65.8 Å². The van der Waals surface area contributed by atoms with Crippen LogP contribution < -0.4 is 10.2 Å². The van der Waals surface area contributed by atoms with Gasteiger partial charge in [-0.15, -0.1) is 0 Å². The van der Waals surface area contributed by atoms with Crippen LogP contribution in [0.2, 0.25) is 0 Å². The molecule has 3 rings (SSSR count). The Hall–Kier alpha value is -3.14. The van der Waals surface area contributed by atoms with Crippen LogP contribution in [-0.4, -0.2) is 18.7 Å². The Balaban J connectivity index is 1.71. The summed E-state index contributed by atoms with van der Waals surface area (Å²) in [5.41, 5.74) is 5.10. The van der Waals surface area contributed by atoms with E-state index in [4.69, 9.17) is 4.74 Å². The van der Waals surface area contributed by atoms with Gasteiger partial charge in [0.05, 0.1) is 18.4 Å². The van der Waals surface area contributed by atoms with Gasteiger partial charge in [0.2, 0.25) is 0 Å². The van der Waals surface area contributed by atoms with Crippen LogP contribution in [0.25, 0.3) is 10.8 Å². The smallest absolute Gasteiger partial charge is 0.272 e. The molecule has 3 aromatic rings. The molecule has 0 bridgehead atoms. The Morgan fingerprint density at radius 2 is 1.85 bits per heavy atom. The lowest BCUT2D eigenvalue weighted by Gasteiger charge is -2.08. The van der Waals surface area contributed by atoms with E-state index in [1.54, 1.807) is 6.21 Å². The minimum absolute atomic E-state index is 0.210. The topological polar surface area (TPSA) is 50.7 Å². The van der Waals surface area contributed by atoms with Crippen molar-refractivity contribution >= 4 is 22.9 Å². The zero-order chi connectivity index (χ0) is 18.4. The van der Waals surface area contributed by atoms with Gasteiger partial charge < -0.3 is 4.74 Å². The number of rotatable bonds is 6. The zero-order valence-corrected chi connectivity index (χ0v) is 15.0. The first-order valence-electron chi connectivity index (χ1n) is 8.73. The third kappa shape index (κ3) is 4.09. The fourth-order valence-electron chi connectivity index (χ4n) is 2.77. The number of amides is 1. The molecule has 0 aromatic heterocycles. The summed E-state index contributed by atoms with van der Waals surface area (Å²) < 4.78 is 5.55. The second-order valence-corrected chi connectivity index (χ2v) is 6.10. The SMILES string of the molecule is CCCOc1ccc(/C=N\NC(=O)c2c(C)ccc3ccccc23)cc1. The summed E-state index contributed by atoms with van der Waals surface area (Å²) in [6.45, 7) is 4.70. The minimum atomic E-state index is -0.210. The summed E-state index contributed by atoms with van der Waals surface area (Å²) in [6, 6.07) is 19.4. The van der Waals surface area contributed by atoms with E-state index in [-0.39, 0.29) is 5.91 Å². The van der Waals surface area contributed by atoms with Crippen molar-refractivity contribution in [3.8, 4) is 5.75 Å². The number of carbonyl (C=O) groups is 1. The van der Waals surface area contributed by atoms with Gasteiger partial charge in [-0.05, 0) is 59.5 Å². The van der Waals surface area contributed by atoms with Crippen LogP contribution >= 0.6 is 0 Å². The van der Waals surface area contributed by atoms with Crippen molar-refractivity contribution in [1.29, 1.82) is 0 Å². The molecule has 1 N–H and O–H groups in total. The number of hydrazone groups is 1. The van der Waals surface area contributed by atoms with Crippen LogP contribution in [0, 0.1) is 6.92 Å². The second kappa shape index (κ2) is 8.30. The third-order valence-corrected chi connectivity index (χ3v) is 4.10. The Morgan fingerprint density at radius 3 is 2.62 bits per heavy atom. The second-order valence-electron chi connectivity index (χ2n) is 6.10. The molecule has 0 saturated carbocycles. The van der Waals surface area contributed by atoms with Gasteiger partial charge in [-0.25, -0.2) is 5.43 Å². The number of hydrogen-bond donors (Lipinski definition) is 1. The predicted molar refractivity (Wildman–Crippen MR) is 106 cm³/mol. The van der Waals surface area contributed by atoms with Crippen LogP contribution in [0.5, 0.6) is 5.75 Å². The highest BCUT2D eigenvalue weighted by molar-refractivity contribution is 6.08. The third-order valence-electron chi connectivity index (χ3n) is 4.10. The molecule has 0 radical (unpaired) electrons. The molecule has 4 nitrogen and oxygen atoms in total. The molecule has 1 amide bonds. The number of benzene rings is 3. The van der Waals surface area contributed by atoms with Crippen LogP contribution in [0.1, 0.15) is 34.8 Å². The van der Waals surface area contributed by atoms with Gasteiger partial charge in [0.15, 0.2) is 0 Å². The molecular formula is C22H22N2O2. The summed E-state index contributed by atoms with van der Waals surface area (Å²) in [5.74, 6) is 0.623. The first-order chi connectivity index (χ1) is 12.7. The van der Waals surface area contributed by atoms with Crippen molar-refractivity contribution in [2.75, 3.05) is 6.61 Å². The first-order valence-corrected chi connectivity index (χ1v) is 8.73. The highest BCUT2D eigenvalue weighted by Crippen LogP contribution is 2.22. The van der Waals surface area contributed by atoms with E-state index in [2.05, 4.69) is 17.5 Å². The largest absolute Gasteiger partial charge is 0.494 e. The summed E-state index contributed by atoms with van der Waals surface area (Å²) >= 11 is 0. The number of nitrogens with zero attached hydrogens (tertiary/aromatic N) is 1. The lowest BCUT2D eigenvalue weighted by Crippen LogP contribution is -2.19. The number of carbonyl (C=O) groups excluding carboxylic acids is 1. The fraction of sp³-hybridized carbons (Fsp3) is 0.182. The Labute approximate surface area is 153 Å². The van der Waals surface area contributed by atoms with Crippen molar-refractivity contribution in [1.82, 2.24) is 5.43 Å². The first kappa shape index (κ1) is 17.7. The number of nitrogens with one attached hydrogen (secondary N) is 1. The van der Waals surface area contributed by atoms with Gasteiger partial charge in [0.25, 0.3) is 5.91 Å². The van der Waals surface area contributed by atoms with Gasteiger partial charge in [-0.2, -0.15) is 5.10 Å². The molecule has 0 fully saturated rings. The normalized spacial score (nSPS) is 11.0. The maximum absolute atomic E-state index is 12.6. The van der Waals surface area contributed by atoms with Crippen molar-refractivity contribution in [3.63, 3.8) is 0 Å². The monoisotopic (exact) mass is 346 g/mol. The highest BCUT2D eigenvalue weighted by atomic mass is 16.5. The van der Waals surface area contributed by atoms with Gasteiger partial charge in [0.1, 0.15) is 5.75 Å². The average Bonchev–Trinajstić information content (AvgIpc) is 2.67. The molecule has 4 heteroatoms. The van der Waals surface area contributed by atoms with E-state index in [0.717, 1.165) is 34.1 Å². The Bertz CT molecular complexity index is 931. The maximum Gasteiger partial charge on any atom is 0.272 e. The van der Waals surface area contributed by atoms with Crippen molar-refractivity contribution in [2.24, 2.45) is 5.10 Å². The molecule has 0 unspecified atom stereocenters. The van der Waals surface area contributed by atoms with Crippen LogP contribution in [0.3, 0.4) is 0 Å². The molecule has 0 atom stereocenters. The maximum atomic E-state index is 12.6. The van der Waals surface area contributed by atoms with Crippen LogP contribution in [-0.2, 0) is 0 Å². The van der Waals surface area contributed by atoms with Crippen molar-refractivity contribution in [3.05, 3.63) is 77.4 Å². The summed E-state index contributed by atoms with van der Waals surface area (Å²) in [5, 5.41) is 6.06. The highest BCUT2D eigenvalue weighted by Gasteiger charge is 2.12. The Morgan fingerprint density at radius 1 is 1.08 bits per heavy atom. The molecule has 26 heavy (non-hydrogen) atoms. The molecule has 3 aromatic carbocycles. The number of ether oxygens (including phenoxy) is 1. The van der Waals surface area contributed by atoms with Crippen LogP contribution in [0.4, 0.5) is 0 Å². The summed E-state index contributed by atoms with van der Waals surface area (Å²) in [4.78, 5) is 12.6. The number of aryl methyl sites for hydroxylation is 1. The molecule has 0 spiro atoms. The molecule has 0 aliphatic rings. The summed E-state index contributed by atoms with van der Waals surface area (Å²) in [7, 11) is 0. The zero-order valence-electron chi connectivity index (χ0n) is 15.0. The molecule has 0 saturated heterocycles. The standard InChI is InChI=1S/C22H22N2O2/c1-3-14-26-19-12-9-17(10-13-19)15-23-24-22(25)21-16(2)8-11-18-6-4-5-7-20(18)21/h4-13,15H,3,14H2,1-2H3,(H,24,25)/b23-15-. The molecular weight excluding hydrogens is 324 g/mol. The van der Waals surface area contributed by atoms with E-state index in [9.17, 15) is 4.79 Å². The van der Waals surface area contributed by atoms with Gasteiger partial charge in [0, 0.05) is 0 Å². The quantitative estimate of drug-likeness (QED) is 0.519. The average molecular weight is 346 g/mol. The lowest BCUT2D eigenvalue weighted by molar-refractivity contribution is 0.0956. The minimum Gasteiger partial charge on any atom is -0.494 e. The van der Waals surface area contributed by atoms with Crippen molar-refractivity contribution < 1.29 is 9.53 Å². The van der Waals surface area contributed by atoms with E-state index in [1.807, 2.05) is 67.6 Å².